The van der Waals surface area contributed by atoms with E-state index in [1.165, 1.54) is 25.4 Å². The van der Waals surface area contributed by atoms with Gasteiger partial charge in [-0.1, -0.05) is 0 Å². The molecule has 8 nitrogen and oxygen atoms in total. The molecule has 108 valence electrons. The van der Waals surface area contributed by atoms with E-state index in [9.17, 15) is 18.0 Å². The van der Waals surface area contributed by atoms with Crippen LogP contribution in [-0.4, -0.2) is 49.2 Å². The average Bonchev–Trinajstić information content (AvgIpc) is 2.42. The molecule has 9 heteroatoms. The standard InChI is InChI=1S/C11H14N4O4S/c1-7-11(17)14-10(16)6-15(7)20(18,19)9-5-13-4-3-8(9)12-2/h3-5,7H,6H2,1-2H3,(H,12,13)(H,14,16,17). The molecule has 0 aromatic carbocycles. The Bertz CT molecular complexity index is 658. The molecule has 1 aliphatic rings. The van der Waals surface area contributed by atoms with E-state index in [0.29, 0.717) is 5.69 Å². The van der Waals surface area contributed by atoms with Gasteiger partial charge in [0.05, 0.1) is 12.2 Å². The van der Waals surface area contributed by atoms with E-state index in [1.54, 1.807) is 7.05 Å². The molecular weight excluding hydrogens is 284 g/mol. The lowest BCUT2D eigenvalue weighted by molar-refractivity contribution is -0.136. The Morgan fingerprint density at radius 1 is 1.45 bits per heavy atom. The van der Waals surface area contributed by atoms with E-state index in [4.69, 9.17) is 0 Å². The predicted molar refractivity (Wildman–Crippen MR) is 70.3 cm³/mol. The molecule has 1 fully saturated rings. The molecule has 2 rings (SSSR count). The zero-order chi connectivity index (χ0) is 14.9. The first-order chi connectivity index (χ1) is 9.37. The summed E-state index contributed by atoms with van der Waals surface area (Å²) >= 11 is 0. The highest BCUT2D eigenvalue weighted by atomic mass is 32.2. The molecule has 1 saturated heterocycles. The third-order valence-corrected chi connectivity index (χ3v) is 4.96. The van der Waals surface area contributed by atoms with Crippen LogP contribution in [0.4, 0.5) is 5.69 Å². The zero-order valence-corrected chi connectivity index (χ0v) is 11.8. The lowest BCUT2D eigenvalue weighted by atomic mass is 10.2. The largest absolute Gasteiger partial charge is 0.387 e. The highest BCUT2D eigenvalue weighted by molar-refractivity contribution is 7.89. The summed E-state index contributed by atoms with van der Waals surface area (Å²) in [5.74, 6) is -1.29. The number of amides is 2. The van der Waals surface area contributed by atoms with Gasteiger partial charge in [0.1, 0.15) is 10.9 Å². The lowest BCUT2D eigenvalue weighted by Crippen LogP contribution is -2.58. The van der Waals surface area contributed by atoms with Gasteiger partial charge >= 0.3 is 0 Å². The van der Waals surface area contributed by atoms with Crippen LogP contribution in [0.25, 0.3) is 0 Å². The Hall–Kier alpha value is -2.00. The molecule has 1 unspecified atom stereocenters. The van der Waals surface area contributed by atoms with Crippen molar-refractivity contribution >= 4 is 27.5 Å². The minimum Gasteiger partial charge on any atom is -0.387 e. The van der Waals surface area contributed by atoms with Gasteiger partial charge in [-0.15, -0.1) is 0 Å². The summed E-state index contributed by atoms with van der Waals surface area (Å²) in [6, 6.07) is 0.547. The van der Waals surface area contributed by atoms with Crippen LogP contribution in [0, 0.1) is 0 Å². The van der Waals surface area contributed by atoms with Crippen LogP contribution < -0.4 is 10.6 Å². The first-order valence-electron chi connectivity index (χ1n) is 5.85. The van der Waals surface area contributed by atoms with Gasteiger partial charge in [0.25, 0.3) is 0 Å². The fourth-order valence-electron chi connectivity index (χ4n) is 1.90. The third kappa shape index (κ3) is 2.37. The molecule has 1 aliphatic heterocycles. The number of aromatic nitrogens is 1. The molecule has 0 saturated carbocycles. The Balaban J connectivity index is 2.49. The van der Waals surface area contributed by atoms with Crippen molar-refractivity contribution in [2.24, 2.45) is 0 Å². The molecule has 0 aliphatic carbocycles. The Labute approximate surface area is 116 Å². The van der Waals surface area contributed by atoms with Gasteiger partial charge in [-0.25, -0.2) is 8.42 Å². The van der Waals surface area contributed by atoms with Crippen molar-refractivity contribution in [2.45, 2.75) is 17.9 Å². The van der Waals surface area contributed by atoms with Gasteiger partial charge in [0, 0.05) is 19.4 Å². The zero-order valence-electron chi connectivity index (χ0n) is 11.0. The van der Waals surface area contributed by atoms with Crippen molar-refractivity contribution < 1.29 is 18.0 Å². The van der Waals surface area contributed by atoms with E-state index in [0.717, 1.165) is 4.31 Å². The monoisotopic (exact) mass is 298 g/mol. The van der Waals surface area contributed by atoms with Gasteiger partial charge in [0.2, 0.25) is 21.8 Å². The minimum absolute atomic E-state index is 0.0724. The molecule has 1 aromatic rings. The lowest BCUT2D eigenvalue weighted by Gasteiger charge is -2.30. The maximum Gasteiger partial charge on any atom is 0.247 e. The van der Waals surface area contributed by atoms with Crippen LogP contribution in [0.1, 0.15) is 6.92 Å². The highest BCUT2D eigenvalue weighted by Crippen LogP contribution is 2.25. The van der Waals surface area contributed by atoms with Gasteiger partial charge in [-0.2, -0.15) is 4.31 Å². The van der Waals surface area contributed by atoms with Gasteiger partial charge in [-0.3, -0.25) is 19.9 Å². The van der Waals surface area contributed by atoms with Crippen LogP contribution in [0.2, 0.25) is 0 Å². The van der Waals surface area contributed by atoms with Crippen molar-refractivity contribution in [3.05, 3.63) is 18.5 Å². The summed E-state index contributed by atoms with van der Waals surface area (Å²) in [6.07, 6.45) is 2.63. The van der Waals surface area contributed by atoms with Crippen molar-refractivity contribution in [2.75, 3.05) is 18.9 Å². The smallest absolute Gasteiger partial charge is 0.247 e. The van der Waals surface area contributed by atoms with E-state index in [1.807, 2.05) is 0 Å². The fourth-order valence-corrected chi connectivity index (χ4v) is 3.60. The maximum atomic E-state index is 12.6. The topological polar surface area (TPSA) is 108 Å². The van der Waals surface area contributed by atoms with Crippen molar-refractivity contribution in [3.63, 3.8) is 0 Å². The molecular formula is C11H14N4O4S. The quantitative estimate of drug-likeness (QED) is 0.704. The summed E-state index contributed by atoms with van der Waals surface area (Å²) in [5, 5.41) is 4.84. The van der Waals surface area contributed by atoms with Crippen LogP contribution >= 0.6 is 0 Å². The van der Waals surface area contributed by atoms with E-state index >= 15 is 0 Å². The number of piperazine rings is 1. The number of nitrogens with one attached hydrogen (secondary N) is 2. The first kappa shape index (κ1) is 14.4. The highest BCUT2D eigenvalue weighted by Gasteiger charge is 2.39. The Kier molecular flexibility index (Phi) is 3.73. The number of hydrogen-bond acceptors (Lipinski definition) is 6. The predicted octanol–water partition coefficient (Wildman–Crippen LogP) is -0.841. The first-order valence-corrected chi connectivity index (χ1v) is 7.29. The number of hydrogen-bond donors (Lipinski definition) is 2. The molecule has 1 aromatic heterocycles. The number of rotatable bonds is 3. The van der Waals surface area contributed by atoms with Crippen LogP contribution in [0.5, 0.6) is 0 Å². The number of pyridine rings is 1. The Morgan fingerprint density at radius 3 is 2.80 bits per heavy atom. The summed E-state index contributed by atoms with van der Waals surface area (Å²) < 4.78 is 26.0. The van der Waals surface area contributed by atoms with E-state index in [2.05, 4.69) is 15.6 Å². The number of anilines is 1. The molecule has 0 bridgehead atoms. The second-order valence-corrected chi connectivity index (χ2v) is 6.12. The van der Waals surface area contributed by atoms with Gasteiger partial charge in [0.15, 0.2) is 0 Å². The molecule has 2 heterocycles. The van der Waals surface area contributed by atoms with Crippen molar-refractivity contribution in [1.29, 1.82) is 0 Å². The fraction of sp³-hybridized carbons (Fsp3) is 0.364. The number of carbonyl (C=O) groups is 2. The number of imide groups is 1. The average molecular weight is 298 g/mol. The molecule has 2 amide bonds. The molecule has 2 N–H and O–H groups in total. The van der Waals surface area contributed by atoms with Crippen LogP contribution in [0.15, 0.2) is 23.4 Å². The molecule has 0 spiro atoms. The summed E-state index contributed by atoms with van der Waals surface area (Å²) in [7, 11) is -2.42. The van der Waals surface area contributed by atoms with E-state index in [-0.39, 0.29) is 4.90 Å². The maximum absolute atomic E-state index is 12.6. The number of nitrogens with zero attached hydrogens (tertiary/aromatic N) is 2. The van der Waals surface area contributed by atoms with Gasteiger partial charge < -0.3 is 5.32 Å². The molecule has 1 atom stereocenters. The SMILES string of the molecule is CNc1ccncc1S(=O)(=O)N1CC(=O)NC(=O)C1C. The molecule has 20 heavy (non-hydrogen) atoms. The second kappa shape index (κ2) is 5.17. The second-order valence-electron chi connectivity index (χ2n) is 4.26. The normalized spacial score (nSPS) is 20.6. The number of sulfonamides is 1. The third-order valence-electron chi connectivity index (χ3n) is 3.01. The number of carbonyl (C=O) groups excluding carboxylic acids is 2. The summed E-state index contributed by atoms with van der Waals surface area (Å²) in [5.41, 5.74) is 0.352. The minimum atomic E-state index is -3.99. The summed E-state index contributed by atoms with van der Waals surface area (Å²) in [6.45, 7) is 1.03. The van der Waals surface area contributed by atoms with Crippen molar-refractivity contribution in [1.82, 2.24) is 14.6 Å². The van der Waals surface area contributed by atoms with E-state index < -0.39 is 34.4 Å². The van der Waals surface area contributed by atoms with Crippen LogP contribution in [-0.2, 0) is 19.6 Å². The van der Waals surface area contributed by atoms with Crippen LogP contribution in [0.3, 0.4) is 0 Å². The Morgan fingerprint density at radius 2 is 2.15 bits per heavy atom. The van der Waals surface area contributed by atoms with Crippen molar-refractivity contribution in [3.8, 4) is 0 Å². The molecule has 0 radical (unpaired) electrons. The van der Waals surface area contributed by atoms with Gasteiger partial charge in [-0.05, 0) is 13.0 Å². The summed E-state index contributed by atoms with van der Waals surface area (Å²) in [4.78, 5) is 26.7.